The van der Waals surface area contributed by atoms with E-state index in [1.807, 2.05) is 0 Å². The molecule has 3 N–H and O–H groups in total. The van der Waals surface area contributed by atoms with Crippen LogP contribution in [0.2, 0.25) is 0 Å². The average molecular weight is 231 g/mol. The predicted octanol–water partition coefficient (Wildman–Crippen LogP) is 0.419. The molecule has 0 aromatic heterocycles. The van der Waals surface area contributed by atoms with Gasteiger partial charge in [-0.05, 0) is 26.6 Å². The minimum Gasteiger partial charge on any atom is -0.396 e. The molecule has 0 aliphatic heterocycles. The van der Waals surface area contributed by atoms with Crippen molar-refractivity contribution in [2.75, 3.05) is 40.3 Å². The summed E-state index contributed by atoms with van der Waals surface area (Å²) >= 11 is 0. The lowest BCUT2D eigenvalue weighted by Crippen LogP contribution is -2.51. The number of likely N-dealkylation sites (N-methyl/N-ethyl adjacent to an activating group) is 2. The number of rotatable bonds is 8. The van der Waals surface area contributed by atoms with Crippen molar-refractivity contribution in [3.8, 4) is 0 Å². The molecule has 4 nitrogen and oxygen atoms in total. The summed E-state index contributed by atoms with van der Waals surface area (Å²) in [7, 11) is 4.12. The van der Waals surface area contributed by atoms with Gasteiger partial charge < -0.3 is 15.7 Å². The molecule has 98 valence electrons. The van der Waals surface area contributed by atoms with E-state index in [1.165, 1.54) is 0 Å². The first-order chi connectivity index (χ1) is 7.43. The first-order valence-electron chi connectivity index (χ1n) is 6.19. The largest absolute Gasteiger partial charge is 0.396 e. The summed E-state index contributed by atoms with van der Waals surface area (Å²) in [6.07, 6.45) is -0.0463. The van der Waals surface area contributed by atoms with E-state index < -0.39 is 0 Å². The summed E-state index contributed by atoms with van der Waals surface area (Å²) in [5.41, 5.74) is 6.22. The zero-order chi connectivity index (χ0) is 12.7. The van der Waals surface area contributed by atoms with Crippen molar-refractivity contribution in [1.82, 2.24) is 9.80 Å². The van der Waals surface area contributed by atoms with Crippen LogP contribution in [0.5, 0.6) is 0 Å². The highest BCUT2D eigenvalue weighted by Crippen LogP contribution is 2.16. The Labute approximate surface area is 100 Å². The lowest BCUT2D eigenvalue weighted by atomic mass is 9.93. The lowest BCUT2D eigenvalue weighted by Gasteiger charge is -2.35. The first kappa shape index (κ1) is 15.8. The van der Waals surface area contributed by atoms with Crippen molar-refractivity contribution in [2.24, 2.45) is 17.6 Å². The second-order valence-electron chi connectivity index (χ2n) is 5.01. The van der Waals surface area contributed by atoms with E-state index in [1.54, 1.807) is 0 Å². The van der Waals surface area contributed by atoms with E-state index in [0.29, 0.717) is 5.92 Å². The van der Waals surface area contributed by atoms with Crippen LogP contribution >= 0.6 is 0 Å². The molecule has 0 aliphatic rings. The number of aliphatic hydroxyl groups excluding tert-OH is 1. The minimum absolute atomic E-state index is 0.0463. The van der Waals surface area contributed by atoms with Gasteiger partial charge in [0.25, 0.3) is 0 Å². The van der Waals surface area contributed by atoms with Gasteiger partial charge in [-0.25, -0.2) is 0 Å². The third-order valence-corrected chi connectivity index (χ3v) is 3.17. The SMILES string of the molecule is CCN(CCN(C)C)C(N)C(CO)C(C)C. The maximum atomic E-state index is 9.37. The molecule has 0 aliphatic carbocycles. The van der Waals surface area contributed by atoms with Crippen LogP contribution in [0.4, 0.5) is 0 Å². The maximum Gasteiger partial charge on any atom is 0.0625 e. The van der Waals surface area contributed by atoms with Crippen molar-refractivity contribution < 1.29 is 5.11 Å². The highest BCUT2D eigenvalue weighted by molar-refractivity contribution is 4.76. The Kier molecular flexibility index (Phi) is 7.93. The minimum atomic E-state index is -0.0463. The molecule has 0 rings (SSSR count). The van der Waals surface area contributed by atoms with Gasteiger partial charge >= 0.3 is 0 Å². The molecule has 0 saturated carbocycles. The molecular weight excluding hydrogens is 202 g/mol. The zero-order valence-corrected chi connectivity index (χ0v) is 11.5. The van der Waals surface area contributed by atoms with Crippen LogP contribution in [0, 0.1) is 11.8 Å². The second kappa shape index (κ2) is 8.01. The van der Waals surface area contributed by atoms with Crippen molar-refractivity contribution in [3.63, 3.8) is 0 Å². The van der Waals surface area contributed by atoms with Crippen LogP contribution in [-0.2, 0) is 0 Å². The number of hydrogen-bond donors (Lipinski definition) is 2. The van der Waals surface area contributed by atoms with Crippen molar-refractivity contribution in [1.29, 1.82) is 0 Å². The Bertz CT molecular complexity index is 174. The predicted molar refractivity (Wildman–Crippen MR) is 69.2 cm³/mol. The molecule has 0 fully saturated rings. The fourth-order valence-electron chi connectivity index (χ4n) is 1.83. The van der Waals surface area contributed by atoms with Crippen LogP contribution < -0.4 is 5.73 Å². The third-order valence-electron chi connectivity index (χ3n) is 3.17. The summed E-state index contributed by atoms with van der Waals surface area (Å²) in [5, 5.41) is 9.37. The van der Waals surface area contributed by atoms with Gasteiger partial charge in [0.15, 0.2) is 0 Å². The van der Waals surface area contributed by atoms with Crippen LogP contribution in [0.15, 0.2) is 0 Å². The molecule has 0 aromatic rings. The molecule has 4 heteroatoms. The number of nitrogens with zero attached hydrogens (tertiary/aromatic N) is 2. The fourth-order valence-corrected chi connectivity index (χ4v) is 1.83. The van der Waals surface area contributed by atoms with Crippen LogP contribution in [0.25, 0.3) is 0 Å². The molecule has 0 spiro atoms. The molecule has 0 amide bonds. The maximum absolute atomic E-state index is 9.37. The Balaban J connectivity index is 4.32. The van der Waals surface area contributed by atoms with E-state index in [-0.39, 0.29) is 18.7 Å². The third kappa shape index (κ3) is 5.25. The summed E-state index contributed by atoms with van der Waals surface area (Å²) in [6.45, 7) is 9.38. The van der Waals surface area contributed by atoms with Gasteiger partial charge in [-0.2, -0.15) is 0 Å². The molecule has 0 heterocycles. The molecule has 2 unspecified atom stereocenters. The van der Waals surface area contributed by atoms with E-state index in [0.717, 1.165) is 19.6 Å². The zero-order valence-electron chi connectivity index (χ0n) is 11.5. The van der Waals surface area contributed by atoms with Crippen molar-refractivity contribution in [3.05, 3.63) is 0 Å². The molecule has 0 aromatic carbocycles. The van der Waals surface area contributed by atoms with E-state index in [4.69, 9.17) is 5.73 Å². The molecule has 0 saturated heterocycles. The van der Waals surface area contributed by atoms with Gasteiger partial charge in [0.1, 0.15) is 0 Å². The highest BCUT2D eigenvalue weighted by Gasteiger charge is 2.25. The number of hydrogen-bond acceptors (Lipinski definition) is 4. The summed E-state index contributed by atoms with van der Waals surface area (Å²) < 4.78 is 0. The van der Waals surface area contributed by atoms with Crippen molar-refractivity contribution >= 4 is 0 Å². The Morgan fingerprint density at radius 3 is 2.06 bits per heavy atom. The van der Waals surface area contributed by atoms with Crippen molar-refractivity contribution in [2.45, 2.75) is 26.9 Å². The first-order valence-corrected chi connectivity index (χ1v) is 6.19. The second-order valence-corrected chi connectivity index (χ2v) is 5.01. The molecule has 16 heavy (non-hydrogen) atoms. The van der Waals surface area contributed by atoms with E-state index in [2.05, 4.69) is 44.7 Å². The fraction of sp³-hybridized carbons (Fsp3) is 1.00. The van der Waals surface area contributed by atoms with Crippen LogP contribution in [-0.4, -0.2) is 61.4 Å². The molecule has 2 atom stereocenters. The van der Waals surface area contributed by atoms with Gasteiger partial charge in [0.05, 0.1) is 6.17 Å². The van der Waals surface area contributed by atoms with Gasteiger partial charge in [0, 0.05) is 25.6 Å². The number of aliphatic hydroxyl groups is 1. The summed E-state index contributed by atoms with van der Waals surface area (Å²) in [4.78, 5) is 4.39. The van der Waals surface area contributed by atoms with E-state index >= 15 is 0 Å². The molecule has 0 radical (unpaired) electrons. The smallest absolute Gasteiger partial charge is 0.0625 e. The molecular formula is C12H29N3O. The van der Waals surface area contributed by atoms with E-state index in [9.17, 15) is 5.11 Å². The Morgan fingerprint density at radius 1 is 1.19 bits per heavy atom. The van der Waals surface area contributed by atoms with Crippen LogP contribution in [0.3, 0.4) is 0 Å². The molecule has 0 bridgehead atoms. The average Bonchev–Trinajstić information content (AvgIpc) is 2.18. The lowest BCUT2D eigenvalue weighted by molar-refractivity contribution is 0.0724. The number of nitrogens with two attached hydrogens (primary N) is 1. The van der Waals surface area contributed by atoms with Gasteiger partial charge in [-0.3, -0.25) is 4.90 Å². The monoisotopic (exact) mass is 231 g/mol. The van der Waals surface area contributed by atoms with Crippen LogP contribution in [0.1, 0.15) is 20.8 Å². The van der Waals surface area contributed by atoms with Gasteiger partial charge in [0.2, 0.25) is 0 Å². The quantitative estimate of drug-likeness (QED) is 0.595. The highest BCUT2D eigenvalue weighted by atomic mass is 16.3. The van der Waals surface area contributed by atoms with Gasteiger partial charge in [-0.1, -0.05) is 20.8 Å². The summed E-state index contributed by atoms with van der Waals surface area (Å²) in [5.74, 6) is 0.565. The topological polar surface area (TPSA) is 52.7 Å². The normalized spacial score (nSPS) is 16.1. The Morgan fingerprint density at radius 2 is 1.75 bits per heavy atom. The van der Waals surface area contributed by atoms with Gasteiger partial charge in [-0.15, -0.1) is 0 Å². The summed E-state index contributed by atoms with van der Waals surface area (Å²) in [6, 6.07) is 0. The standard InChI is InChI=1S/C12H29N3O/c1-6-15(8-7-14(4)5)12(13)11(9-16)10(2)3/h10-12,16H,6-9,13H2,1-5H3. The Hall–Kier alpha value is -0.160.